The predicted octanol–water partition coefficient (Wildman–Crippen LogP) is 2.26. The van der Waals surface area contributed by atoms with Crippen molar-refractivity contribution in [2.45, 2.75) is 38.9 Å². The van der Waals surface area contributed by atoms with Crippen LogP contribution in [0.4, 0.5) is 0 Å². The second-order valence-corrected chi connectivity index (χ2v) is 5.87. The molecule has 1 aromatic carbocycles. The Morgan fingerprint density at radius 3 is 2.91 bits per heavy atom. The Kier molecular flexibility index (Phi) is 6.15. The molecule has 2 N–H and O–H groups in total. The van der Waals surface area contributed by atoms with E-state index < -0.39 is 0 Å². The second-order valence-electron chi connectivity index (χ2n) is 5.46. The molecule has 1 aliphatic heterocycles. The van der Waals surface area contributed by atoms with E-state index in [9.17, 15) is 4.79 Å². The molecule has 0 bridgehead atoms. The molecule has 1 amide bonds. The number of para-hydroxylation sites is 1. The van der Waals surface area contributed by atoms with E-state index in [0.29, 0.717) is 23.0 Å². The number of benzene rings is 1. The van der Waals surface area contributed by atoms with Crippen LogP contribution in [0.25, 0.3) is 0 Å². The fraction of sp³-hybridized carbons (Fsp3) is 0.500. The van der Waals surface area contributed by atoms with Crippen LogP contribution in [0.15, 0.2) is 24.3 Å². The SMILES string of the molecule is CC(C)Oc1ccccc1C(=O)NC(=S)NCC1CCCO1. The van der Waals surface area contributed by atoms with Crippen LogP contribution in [0.3, 0.4) is 0 Å². The van der Waals surface area contributed by atoms with Crippen LogP contribution in [-0.4, -0.2) is 36.4 Å². The third-order valence-electron chi connectivity index (χ3n) is 3.24. The van der Waals surface area contributed by atoms with Crippen molar-refractivity contribution in [1.29, 1.82) is 0 Å². The van der Waals surface area contributed by atoms with Gasteiger partial charge in [-0.25, -0.2) is 0 Å². The average molecular weight is 322 g/mol. The van der Waals surface area contributed by atoms with Crippen LogP contribution in [-0.2, 0) is 4.74 Å². The summed E-state index contributed by atoms with van der Waals surface area (Å²) in [4.78, 5) is 12.3. The number of nitrogens with one attached hydrogen (secondary N) is 2. The summed E-state index contributed by atoms with van der Waals surface area (Å²) in [7, 11) is 0. The molecule has 120 valence electrons. The Morgan fingerprint density at radius 1 is 1.45 bits per heavy atom. The Morgan fingerprint density at radius 2 is 2.23 bits per heavy atom. The maximum absolute atomic E-state index is 12.3. The van der Waals surface area contributed by atoms with E-state index in [0.717, 1.165) is 19.4 Å². The Balaban J connectivity index is 1.89. The van der Waals surface area contributed by atoms with Gasteiger partial charge in [-0.2, -0.15) is 0 Å². The van der Waals surface area contributed by atoms with Crippen LogP contribution in [0.2, 0.25) is 0 Å². The molecule has 1 aromatic rings. The molecule has 0 aromatic heterocycles. The highest BCUT2D eigenvalue weighted by Crippen LogP contribution is 2.19. The molecular formula is C16H22N2O3S. The highest BCUT2D eigenvalue weighted by Gasteiger charge is 2.17. The second kappa shape index (κ2) is 8.10. The largest absolute Gasteiger partial charge is 0.490 e. The van der Waals surface area contributed by atoms with Gasteiger partial charge in [-0.1, -0.05) is 12.1 Å². The molecule has 0 aliphatic carbocycles. The predicted molar refractivity (Wildman–Crippen MR) is 89.2 cm³/mol. The van der Waals surface area contributed by atoms with Crippen molar-refractivity contribution < 1.29 is 14.3 Å². The lowest BCUT2D eigenvalue weighted by Crippen LogP contribution is -2.42. The standard InChI is InChI=1S/C16H22N2O3S/c1-11(2)21-14-8-4-3-7-13(14)15(19)18-16(22)17-10-12-6-5-9-20-12/h3-4,7-8,11-12H,5-6,9-10H2,1-2H3,(H2,17,18,19,22). The molecule has 1 atom stereocenters. The molecule has 0 radical (unpaired) electrons. The smallest absolute Gasteiger partial charge is 0.261 e. The number of hydrogen-bond acceptors (Lipinski definition) is 4. The van der Waals surface area contributed by atoms with Gasteiger partial charge in [0.1, 0.15) is 5.75 Å². The summed E-state index contributed by atoms with van der Waals surface area (Å²) in [5.74, 6) is 0.276. The molecule has 1 saturated heterocycles. The number of thiocarbonyl (C=S) groups is 1. The van der Waals surface area contributed by atoms with Crippen LogP contribution in [0, 0.1) is 0 Å². The number of ether oxygens (including phenoxy) is 2. The van der Waals surface area contributed by atoms with E-state index in [4.69, 9.17) is 21.7 Å². The lowest BCUT2D eigenvalue weighted by Gasteiger charge is -2.16. The summed E-state index contributed by atoms with van der Waals surface area (Å²) in [5, 5.41) is 6.00. The van der Waals surface area contributed by atoms with Crippen molar-refractivity contribution in [3.8, 4) is 5.75 Å². The molecule has 1 heterocycles. The zero-order valence-corrected chi connectivity index (χ0v) is 13.7. The van der Waals surface area contributed by atoms with E-state index in [2.05, 4.69) is 10.6 Å². The van der Waals surface area contributed by atoms with Crippen molar-refractivity contribution in [2.75, 3.05) is 13.2 Å². The molecule has 2 rings (SSSR count). The first kappa shape index (κ1) is 16.7. The van der Waals surface area contributed by atoms with Crippen molar-refractivity contribution in [3.05, 3.63) is 29.8 Å². The summed E-state index contributed by atoms with van der Waals surface area (Å²) in [5.41, 5.74) is 0.470. The van der Waals surface area contributed by atoms with Crippen molar-refractivity contribution in [1.82, 2.24) is 10.6 Å². The molecule has 5 nitrogen and oxygen atoms in total. The Labute approximate surface area is 136 Å². The monoisotopic (exact) mass is 322 g/mol. The quantitative estimate of drug-likeness (QED) is 0.814. The zero-order valence-electron chi connectivity index (χ0n) is 12.9. The van der Waals surface area contributed by atoms with Gasteiger partial charge >= 0.3 is 0 Å². The molecule has 1 fully saturated rings. The molecular weight excluding hydrogens is 300 g/mol. The minimum absolute atomic E-state index is 0.00135. The third kappa shape index (κ3) is 4.96. The number of carbonyl (C=O) groups excluding carboxylic acids is 1. The van der Waals surface area contributed by atoms with E-state index in [1.54, 1.807) is 18.2 Å². The van der Waals surface area contributed by atoms with Gasteiger partial charge in [-0.3, -0.25) is 10.1 Å². The molecule has 22 heavy (non-hydrogen) atoms. The van der Waals surface area contributed by atoms with Crippen LogP contribution in [0.5, 0.6) is 5.75 Å². The number of rotatable bonds is 5. The molecule has 0 spiro atoms. The van der Waals surface area contributed by atoms with Gasteiger partial charge in [-0.05, 0) is 51.0 Å². The Hall–Kier alpha value is -1.66. The highest BCUT2D eigenvalue weighted by atomic mass is 32.1. The third-order valence-corrected chi connectivity index (χ3v) is 3.48. The first-order chi connectivity index (χ1) is 10.6. The minimum atomic E-state index is -0.277. The van der Waals surface area contributed by atoms with Gasteiger partial charge in [-0.15, -0.1) is 0 Å². The first-order valence-electron chi connectivity index (χ1n) is 7.52. The van der Waals surface area contributed by atoms with Gasteiger partial charge in [0.05, 0.1) is 17.8 Å². The molecule has 1 unspecified atom stereocenters. The van der Waals surface area contributed by atoms with Crippen LogP contribution < -0.4 is 15.4 Å². The van der Waals surface area contributed by atoms with E-state index in [1.807, 2.05) is 19.9 Å². The molecule has 6 heteroatoms. The maximum atomic E-state index is 12.3. The topological polar surface area (TPSA) is 59.6 Å². The fourth-order valence-corrected chi connectivity index (χ4v) is 2.41. The molecule has 0 saturated carbocycles. The highest BCUT2D eigenvalue weighted by molar-refractivity contribution is 7.80. The normalized spacial score (nSPS) is 17.3. The van der Waals surface area contributed by atoms with Gasteiger partial charge < -0.3 is 14.8 Å². The van der Waals surface area contributed by atoms with Crippen LogP contribution in [0.1, 0.15) is 37.0 Å². The van der Waals surface area contributed by atoms with Crippen molar-refractivity contribution >= 4 is 23.2 Å². The van der Waals surface area contributed by atoms with Gasteiger partial charge in [0.25, 0.3) is 5.91 Å². The minimum Gasteiger partial charge on any atom is -0.490 e. The molecule has 1 aliphatic rings. The summed E-state index contributed by atoms with van der Waals surface area (Å²) < 4.78 is 11.1. The summed E-state index contributed by atoms with van der Waals surface area (Å²) in [6.07, 6.45) is 2.27. The van der Waals surface area contributed by atoms with E-state index in [-0.39, 0.29) is 18.1 Å². The number of carbonyl (C=O) groups is 1. The first-order valence-corrected chi connectivity index (χ1v) is 7.93. The summed E-state index contributed by atoms with van der Waals surface area (Å²) in [6.45, 7) is 5.25. The summed E-state index contributed by atoms with van der Waals surface area (Å²) >= 11 is 5.16. The maximum Gasteiger partial charge on any atom is 0.261 e. The van der Waals surface area contributed by atoms with E-state index in [1.165, 1.54) is 0 Å². The zero-order chi connectivity index (χ0) is 15.9. The lowest BCUT2D eigenvalue weighted by molar-refractivity contribution is 0.0967. The van der Waals surface area contributed by atoms with Crippen molar-refractivity contribution in [2.24, 2.45) is 0 Å². The van der Waals surface area contributed by atoms with Gasteiger partial charge in [0.15, 0.2) is 5.11 Å². The van der Waals surface area contributed by atoms with E-state index >= 15 is 0 Å². The summed E-state index contributed by atoms with van der Waals surface area (Å²) in [6, 6.07) is 7.13. The fourth-order valence-electron chi connectivity index (χ4n) is 2.24. The number of amides is 1. The average Bonchev–Trinajstić information content (AvgIpc) is 2.98. The lowest BCUT2D eigenvalue weighted by atomic mass is 10.2. The van der Waals surface area contributed by atoms with Crippen LogP contribution >= 0.6 is 12.2 Å². The van der Waals surface area contributed by atoms with Gasteiger partial charge in [0, 0.05) is 13.2 Å². The Bertz CT molecular complexity index is 528. The van der Waals surface area contributed by atoms with Gasteiger partial charge in [0.2, 0.25) is 0 Å². The van der Waals surface area contributed by atoms with Crippen molar-refractivity contribution in [3.63, 3.8) is 0 Å². The number of hydrogen-bond donors (Lipinski definition) is 2.